The largest absolute Gasteiger partial charge is 0.386 e. The summed E-state index contributed by atoms with van der Waals surface area (Å²) in [5, 5.41) is 10.6. The Morgan fingerprint density at radius 1 is 1.50 bits per heavy atom. The fourth-order valence-corrected chi connectivity index (χ4v) is 2.76. The fourth-order valence-electron chi connectivity index (χ4n) is 1.40. The Labute approximate surface area is 111 Å². The molecule has 5 heteroatoms. The summed E-state index contributed by atoms with van der Waals surface area (Å²) >= 11 is 10.5. The molecule has 84 valence electrons. The summed E-state index contributed by atoms with van der Waals surface area (Å²) in [5.74, 6) is 0. The van der Waals surface area contributed by atoms with Crippen molar-refractivity contribution in [2.24, 2.45) is 0 Å². The molecule has 2 aromatic rings. The monoisotopic (exact) mass is 317 g/mol. The number of hydrogen-bond donors (Lipinski definition) is 1. The summed E-state index contributed by atoms with van der Waals surface area (Å²) < 4.78 is 1.61. The van der Waals surface area contributed by atoms with Crippen molar-refractivity contribution in [1.82, 2.24) is 4.98 Å². The first-order valence-corrected chi connectivity index (χ1v) is 6.67. The number of nitrogens with zero attached hydrogens (tertiary/aromatic N) is 1. The van der Waals surface area contributed by atoms with Crippen LogP contribution in [0.2, 0.25) is 4.34 Å². The normalized spacial score (nSPS) is 12.7. The number of benzene rings is 1. The van der Waals surface area contributed by atoms with Crippen molar-refractivity contribution in [3.8, 4) is 0 Å². The lowest BCUT2D eigenvalue weighted by Gasteiger charge is -2.07. The molecule has 0 amide bonds. The van der Waals surface area contributed by atoms with Gasteiger partial charge in [0, 0.05) is 10.9 Å². The molecule has 2 rings (SSSR count). The van der Waals surface area contributed by atoms with E-state index in [1.54, 1.807) is 6.20 Å². The molecule has 1 heterocycles. The van der Waals surface area contributed by atoms with E-state index in [4.69, 9.17) is 11.6 Å². The molecule has 16 heavy (non-hydrogen) atoms. The number of halogens is 2. The van der Waals surface area contributed by atoms with Gasteiger partial charge in [0.05, 0.1) is 6.20 Å². The number of aliphatic hydroxyl groups excluding tert-OH is 1. The summed E-state index contributed by atoms with van der Waals surface area (Å²) in [6, 6.07) is 7.86. The van der Waals surface area contributed by atoms with E-state index >= 15 is 0 Å². The second kappa shape index (κ2) is 5.27. The van der Waals surface area contributed by atoms with E-state index in [0.29, 0.717) is 15.8 Å². The van der Waals surface area contributed by atoms with Gasteiger partial charge in [-0.05, 0) is 17.7 Å². The maximum atomic E-state index is 9.95. The van der Waals surface area contributed by atoms with Gasteiger partial charge in [0.25, 0.3) is 0 Å². The number of aromatic nitrogens is 1. The van der Waals surface area contributed by atoms with Gasteiger partial charge in [-0.2, -0.15) is 0 Å². The van der Waals surface area contributed by atoms with Gasteiger partial charge >= 0.3 is 0 Å². The molecule has 2 nitrogen and oxygen atoms in total. The topological polar surface area (TPSA) is 33.1 Å². The van der Waals surface area contributed by atoms with Crippen molar-refractivity contribution in [3.63, 3.8) is 0 Å². The van der Waals surface area contributed by atoms with E-state index in [1.165, 1.54) is 11.3 Å². The molecule has 0 aliphatic rings. The molecular weight excluding hydrogens is 310 g/mol. The minimum atomic E-state index is -0.591. The molecule has 1 N–H and O–H groups in total. The van der Waals surface area contributed by atoms with Gasteiger partial charge in [0.15, 0.2) is 0 Å². The number of hydrogen-bond acceptors (Lipinski definition) is 3. The third-order valence-corrected chi connectivity index (χ3v) is 3.81. The van der Waals surface area contributed by atoms with Crippen molar-refractivity contribution in [2.45, 2.75) is 12.5 Å². The third-order valence-electron chi connectivity index (χ3n) is 2.10. The van der Waals surface area contributed by atoms with Gasteiger partial charge in [-0.3, -0.25) is 0 Å². The van der Waals surface area contributed by atoms with Gasteiger partial charge in [0.2, 0.25) is 0 Å². The van der Waals surface area contributed by atoms with Crippen LogP contribution in [-0.4, -0.2) is 10.1 Å². The Bertz CT molecular complexity index is 488. The van der Waals surface area contributed by atoms with Crippen molar-refractivity contribution < 1.29 is 5.11 Å². The van der Waals surface area contributed by atoms with E-state index in [1.807, 2.05) is 24.3 Å². The van der Waals surface area contributed by atoms with Crippen LogP contribution in [0.5, 0.6) is 0 Å². The first kappa shape index (κ1) is 12.0. The van der Waals surface area contributed by atoms with E-state index in [2.05, 4.69) is 20.9 Å². The predicted octanol–water partition coefficient (Wildman–Crippen LogP) is 3.84. The van der Waals surface area contributed by atoms with Crippen molar-refractivity contribution in [1.29, 1.82) is 0 Å². The molecule has 0 aliphatic heterocycles. The molecule has 1 aromatic carbocycles. The molecule has 0 saturated heterocycles. The molecule has 0 bridgehead atoms. The van der Waals surface area contributed by atoms with Crippen LogP contribution in [0.25, 0.3) is 0 Å². The molecule has 0 spiro atoms. The van der Waals surface area contributed by atoms with Crippen LogP contribution >= 0.6 is 38.9 Å². The van der Waals surface area contributed by atoms with Crippen LogP contribution in [0.4, 0.5) is 0 Å². The zero-order valence-electron chi connectivity index (χ0n) is 8.23. The maximum Gasteiger partial charge on any atom is 0.123 e. The molecule has 0 saturated carbocycles. The standard InChI is InChI=1S/C11H9BrClNOS/c12-8-3-1-2-7(4-8)5-9(15)11-14-6-10(13)16-11/h1-4,6,9,15H,5H2. The van der Waals surface area contributed by atoms with Gasteiger partial charge in [-0.25, -0.2) is 4.98 Å². The first-order valence-electron chi connectivity index (χ1n) is 4.69. The van der Waals surface area contributed by atoms with Crippen molar-refractivity contribution in [3.05, 3.63) is 49.8 Å². The third kappa shape index (κ3) is 3.04. The summed E-state index contributed by atoms with van der Waals surface area (Å²) in [6.07, 6.45) is 1.52. The summed E-state index contributed by atoms with van der Waals surface area (Å²) in [4.78, 5) is 4.06. The van der Waals surface area contributed by atoms with Gasteiger partial charge < -0.3 is 5.11 Å². The second-order valence-electron chi connectivity index (χ2n) is 3.35. The predicted molar refractivity (Wildman–Crippen MR) is 69.9 cm³/mol. The molecule has 1 aromatic heterocycles. The van der Waals surface area contributed by atoms with E-state index in [9.17, 15) is 5.11 Å². The second-order valence-corrected chi connectivity index (χ2v) is 5.96. The molecule has 1 atom stereocenters. The van der Waals surface area contributed by atoms with Gasteiger partial charge in [-0.1, -0.05) is 39.7 Å². The molecule has 0 fully saturated rings. The SMILES string of the molecule is OC(Cc1cccc(Br)c1)c1ncc(Cl)s1. The van der Waals surface area contributed by atoms with Crippen molar-refractivity contribution in [2.75, 3.05) is 0 Å². The Morgan fingerprint density at radius 2 is 2.31 bits per heavy atom. The van der Waals surface area contributed by atoms with E-state index < -0.39 is 6.10 Å². The summed E-state index contributed by atoms with van der Waals surface area (Å²) in [7, 11) is 0. The van der Waals surface area contributed by atoms with E-state index in [-0.39, 0.29) is 0 Å². The highest BCUT2D eigenvalue weighted by molar-refractivity contribution is 9.10. The molecule has 0 radical (unpaired) electrons. The minimum Gasteiger partial charge on any atom is -0.386 e. The average Bonchev–Trinajstić information content (AvgIpc) is 2.65. The highest BCUT2D eigenvalue weighted by Crippen LogP contribution is 2.26. The number of aliphatic hydroxyl groups is 1. The lowest BCUT2D eigenvalue weighted by molar-refractivity contribution is 0.178. The molecular formula is C11H9BrClNOS. The van der Waals surface area contributed by atoms with Crippen LogP contribution in [0.3, 0.4) is 0 Å². The maximum absolute atomic E-state index is 9.95. The van der Waals surface area contributed by atoms with E-state index in [0.717, 1.165) is 10.0 Å². The highest BCUT2D eigenvalue weighted by atomic mass is 79.9. The smallest absolute Gasteiger partial charge is 0.123 e. The molecule has 1 unspecified atom stereocenters. The minimum absolute atomic E-state index is 0.545. The zero-order chi connectivity index (χ0) is 11.5. The summed E-state index contributed by atoms with van der Waals surface area (Å²) in [5.41, 5.74) is 1.06. The number of rotatable bonds is 3. The Hall–Kier alpha value is -0.420. The lowest BCUT2D eigenvalue weighted by Crippen LogP contribution is -2.00. The Morgan fingerprint density at radius 3 is 2.94 bits per heavy atom. The van der Waals surface area contributed by atoms with Crippen LogP contribution in [0, 0.1) is 0 Å². The lowest BCUT2D eigenvalue weighted by atomic mass is 10.1. The van der Waals surface area contributed by atoms with Crippen molar-refractivity contribution >= 4 is 38.9 Å². The Kier molecular flexibility index (Phi) is 3.97. The van der Waals surface area contributed by atoms with Crippen LogP contribution in [0.1, 0.15) is 16.7 Å². The highest BCUT2D eigenvalue weighted by Gasteiger charge is 2.12. The van der Waals surface area contributed by atoms with Crippen LogP contribution in [-0.2, 0) is 6.42 Å². The van der Waals surface area contributed by atoms with Crippen LogP contribution in [0.15, 0.2) is 34.9 Å². The van der Waals surface area contributed by atoms with Gasteiger partial charge in [0.1, 0.15) is 15.4 Å². The average molecular weight is 319 g/mol. The number of thiazole rings is 1. The quantitative estimate of drug-likeness (QED) is 0.933. The van der Waals surface area contributed by atoms with Gasteiger partial charge in [-0.15, -0.1) is 11.3 Å². The molecule has 0 aliphatic carbocycles. The summed E-state index contributed by atoms with van der Waals surface area (Å²) in [6.45, 7) is 0. The fraction of sp³-hybridized carbons (Fsp3) is 0.182. The Balaban J connectivity index is 2.10. The van der Waals surface area contributed by atoms with Crippen LogP contribution < -0.4 is 0 Å². The zero-order valence-corrected chi connectivity index (χ0v) is 11.4. The first-order chi connectivity index (χ1) is 7.65.